The zero-order valence-corrected chi connectivity index (χ0v) is 13.1. The van der Waals surface area contributed by atoms with E-state index in [0.29, 0.717) is 21.5 Å². The highest BCUT2D eigenvalue weighted by atomic mass is 79.9. The van der Waals surface area contributed by atoms with Crippen molar-refractivity contribution in [2.45, 2.75) is 13.0 Å². The number of aliphatic hydroxyl groups is 1. The van der Waals surface area contributed by atoms with Crippen LogP contribution in [0.2, 0.25) is 10.0 Å². The Bertz CT molecular complexity index is 600. The molecular weight excluding hydrogens is 351 g/mol. The van der Waals surface area contributed by atoms with Crippen molar-refractivity contribution >= 4 is 39.1 Å². The first-order chi connectivity index (χ1) is 8.97. The first-order valence-corrected chi connectivity index (χ1v) is 7.12. The van der Waals surface area contributed by atoms with Crippen molar-refractivity contribution in [2.24, 2.45) is 0 Å². The van der Waals surface area contributed by atoms with Gasteiger partial charge in [-0.25, -0.2) is 0 Å². The van der Waals surface area contributed by atoms with Crippen molar-refractivity contribution in [2.75, 3.05) is 0 Å². The normalized spacial score (nSPS) is 12.3. The van der Waals surface area contributed by atoms with Gasteiger partial charge in [-0.2, -0.15) is 0 Å². The molecule has 0 saturated carbocycles. The molecule has 100 valence electrons. The predicted molar refractivity (Wildman–Crippen MR) is 81.3 cm³/mol. The first-order valence-electron chi connectivity index (χ1n) is 5.58. The molecule has 0 aliphatic rings. The van der Waals surface area contributed by atoms with E-state index in [2.05, 4.69) is 15.9 Å². The molecule has 0 heterocycles. The van der Waals surface area contributed by atoms with Gasteiger partial charge in [-0.05, 0) is 52.7 Å². The monoisotopic (exact) mass is 360 g/mol. The Hall–Kier alpha value is -0.740. The summed E-state index contributed by atoms with van der Waals surface area (Å²) in [6.07, 6.45) is -0.518. The van der Waals surface area contributed by atoms with E-state index in [-0.39, 0.29) is 0 Å². The molecule has 0 radical (unpaired) electrons. The van der Waals surface area contributed by atoms with E-state index in [4.69, 9.17) is 27.9 Å². The maximum atomic E-state index is 9.50. The van der Waals surface area contributed by atoms with Crippen molar-refractivity contribution in [3.8, 4) is 11.5 Å². The molecule has 2 nitrogen and oxygen atoms in total. The SMILES string of the molecule is CC(O)c1ccc(Oc2ccc(Cl)c(Cl)c2)c(Br)c1. The van der Waals surface area contributed by atoms with Gasteiger partial charge in [-0.15, -0.1) is 0 Å². The molecule has 19 heavy (non-hydrogen) atoms. The standard InChI is InChI=1S/C14H11BrCl2O2/c1-8(18)9-2-5-14(11(15)6-9)19-10-3-4-12(16)13(17)7-10/h2-8,18H,1H3. The van der Waals surface area contributed by atoms with E-state index >= 15 is 0 Å². The smallest absolute Gasteiger partial charge is 0.141 e. The van der Waals surface area contributed by atoms with Crippen molar-refractivity contribution in [1.29, 1.82) is 0 Å². The lowest BCUT2D eigenvalue weighted by atomic mass is 10.1. The molecule has 2 aromatic rings. The van der Waals surface area contributed by atoms with Crippen LogP contribution >= 0.6 is 39.1 Å². The van der Waals surface area contributed by atoms with Gasteiger partial charge in [0.05, 0.1) is 20.6 Å². The predicted octanol–water partition coefficient (Wildman–Crippen LogP) is 5.60. The van der Waals surface area contributed by atoms with Crippen molar-refractivity contribution in [3.05, 3.63) is 56.5 Å². The fourth-order valence-corrected chi connectivity index (χ4v) is 2.29. The molecular formula is C14H11BrCl2O2. The van der Waals surface area contributed by atoms with Crippen LogP contribution in [-0.2, 0) is 0 Å². The highest BCUT2D eigenvalue weighted by molar-refractivity contribution is 9.10. The summed E-state index contributed by atoms with van der Waals surface area (Å²) in [7, 11) is 0. The Morgan fingerprint density at radius 2 is 1.84 bits per heavy atom. The average molecular weight is 362 g/mol. The van der Waals surface area contributed by atoms with E-state index in [0.717, 1.165) is 10.0 Å². The highest BCUT2D eigenvalue weighted by Crippen LogP contribution is 2.34. The molecule has 1 unspecified atom stereocenters. The molecule has 0 aliphatic heterocycles. The molecule has 2 aromatic carbocycles. The van der Waals surface area contributed by atoms with Crippen molar-refractivity contribution in [3.63, 3.8) is 0 Å². The minimum Gasteiger partial charge on any atom is -0.456 e. The third kappa shape index (κ3) is 3.63. The summed E-state index contributed by atoms with van der Waals surface area (Å²) in [5.74, 6) is 1.24. The Balaban J connectivity index is 2.25. The number of benzene rings is 2. The van der Waals surface area contributed by atoms with E-state index in [1.54, 1.807) is 31.2 Å². The molecule has 2 rings (SSSR count). The van der Waals surface area contributed by atoms with Crippen LogP contribution in [0, 0.1) is 0 Å². The Morgan fingerprint density at radius 1 is 1.11 bits per heavy atom. The fourth-order valence-electron chi connectivity index (χ4n) is 1.53. The van der Waals surface area contributed by atoms with E-state index in [1.165, 1.54) is 0 Å². The lowest BCUT2D eigenvalue weighted by molar-refractivity contribution is 0.199. The second-order valence-corrected chi connectivity index (χ2v) is 5.71. The van der Waals surface area contributed by atoms with Crippen molar-refractivity contribution in [1.82, 2.24) is 0 Å². The minimum absolute atomic E-state index is 0.441. The van der Waals surface area contributed by atoms with Gasteiger partial charge in [-0.1, -0.05) is 29.3 Å². The molecule has 1 atom stereocenters. The largest absolute Gasteiger partial charge is 0.456 e. The number of halogens is 3. The highest BCUT2D eigenvalue weighted by Gasteiger charge is 2.08. The van der Waals surface area contributed by atoms with Crippen LogP contribution in [0.5, 0.6) is 11.5 Å². The van der Waals surface area contributed by atoms with E-state index in [9.17, 15) is 5.11 Å². The number of hydrogen-bond donors (Lipinski definition) is 1. The second-order valence-electron chi connectivity index (χ2n) is 4.04. The average Bonchev–Trinajstić information content (AvgIpc) is 2.36. The summed E-state index contributed by atoms with van der Waals surface area (Å²) in [5.41, 5.74) is 0.813. The summed E-state index contributed by atoms with van der Waals surface area (Å²) in [5, 5.41) is 10.4. The molecule has 1 N–H and O–H groups in total. The van der Waals surface area contributed by atoms with Crippen LogP contribution in [0.25, 0.3) is 0 Å². The van der Waals surface area contributed by atoms with Gasteiger partial charge >= 0.3 is 0 Å². The topological polar surface area (TPSA) is 29.5 Å². The molecule has 0 aromatic heterocycles. The zero-order valence-electron chi connectivity index (χ0n) is 10.0. The van der Waals surface area contributed by atoms with Crippen LogP contribution in [0.1, 0.15) is 18.6 Å². The van der Waals surface area contributed by atoms with Crippen LogP contribution in [-0.4, -0.2) is 5.11 Å². The molecule has 0 amide bonds. The van der Waals surface area contributed by atoms with Gasteiger partial charge in [0.25, 0.3) is 0 Å². The lowest BCUT2D eigenvalue weighted by Crippen LogP contribution is -1.92. The third-order valence-electron chi connectivity index (χ3n) is 2.56. The molecule has 0 spiro atoms. The first kappa shape index (κ1) is 14.7. The van der Waals surface area contributed by atoms with Gasteiger partial charge in [0.2, 0.25) is 0 Å². The summed E-state index contributed by atoms with van der Waals surface area (Å²) in [6, 6.07) is 10.5. The Kier molecular flexibility index (Phi) is 4.74. The van der Waals surface area contributed by atoms with Crippen LogP contribution in [0.15, 0.2) is 40.9 Å². The second kappa shape index (κ2) is 6.14. The van der Waals surface area contributed by atoms with Crippen LogP contribution in [0.3, 0.4) is 0 Å². The third-order valence-corrected chi connectivity index (χ3v) is 3.92. The zero-order chi connectivity index (χ0) is 14.0. The van der Waals surface area contributed by atoms with Gasteiger partial charge in [0.1, 0.15) is 11.5 Å². The maximum absolute atomic E-state index is 9.50. The molecule has 0 aliphatic carbocycles. The number of aliphatic hydroxyl groups excluding tert-OH is 1. The van der Waals surface area contributed by atoms with Crippen LogP contribution < -0.4 is 4.74 Å². The Morgan fingerprint density at radius 3 is 2.42 bits per heavy atom. The lowest BCUT2D eigenvalue weighted by Gasteiger charge is -2.11. The molecule has 0 fully saturated rings. The van der Waals surface area contributed by atoms with Gasteiger partial charge in [0.15, 0.2) is 0 Å². The minimum atomic E-state index is -0.518. The summed E-state index contributed by atoms with van der Waals surface area (Å²) < 4.78 is 6.47. The quantitative estimate of drug-likeness (QED) is 0.770. The molecule has 0 saturated heterocycles. The number of rotatable bonds is 3. The van der Waals surface area contributed by atoms with Crippen molar-refractivity contribution < 1.29 is 9.84 Å². The molecule has 0 bridgehead atoms. The summed E-state index contributed by atoms with van der Waals surface area (Å²) in [6.45, 7) is 1.71. The maximum Gasteiger partial charge on any atom is 0.141 e. The number of ether oxygens (including phenoxy) is 1. The van der Waals surface area contributed by atoms with Crippen LogP contribution in [0.4, 0.5) is 0 Å². The van der Waals surface area contributed by atoms with Gasteiger partial charge in [0, 0.05) is 6.07 Å². The molecule has 5 heteroatoms. The van der Waals surface area contributed by atoms with Gasteiger partial charge in [-0.3, -0.25) is 0 Å². The Labute approximate surface area is 130 Å². The van der Waals surface area contributed by atoms with E-state index < -0.39 is 6.10 Å². The summed E-state index contributed by atoms with van der Waals surface area (Å²) in [4.78, 5) is 0. The number of hydrogen-bond acceptors (Lipinski definition) is 2. The fraction of sp³-hybridized carbons (Fsp3) is 0.143. The van der Waals surface area contributed by atoms with E-state index in [1.807, 2.05) is 12.1 Å². The van der Waals surface area contributed by atoms with Gasteiger partial charge < -0.3 is 9.84 Å². The summed E-state index contributed by atoms with van der Waals surface area (Å²) >= 11 is 15.2.